The first kappa shape index (κ1) is 41.8. The van der Waals surface area contributed by atoms with Gasteiger partial charge < -0.3 is 28.4 Å². The van der Waals surface area contributed by atoms with Gasteiger partial charge in [-0.3, -0.25) is 0 Å². The normalized spacial score (nSPS) is 21.7. The van der Waals surface area contributed by atoms with Crippen molar-refractivity contribution >= 4 is 11.6 Å². The molecule has 0 radical (unpaired) electrons. The molecule has 1 heterocycles. The zero-order chi connectivity index (χ0) is 35.4. The maximum atomic E-state index is 13.9. The molecular formula is C41H64ClFO6. The van der Waals surface area contributed by atoms with Gasteiger partial charge in [0.1, 0.15) is 36.7 Å². The first-order valence-corrected chi connectivity index (χ1v) is 19.4. The Labute approximate surface area is 301 Å². The van der Waals surface area contributed by atoms with E-state index in [1.54, 1.807) is 0 Å². The zero-order valence-corrected chi connectivity index (χ0v) is 31.9. The summed E-state index contributed by atoms with van der Waals surface area (Å²) < 4.78 is 53.2. The van der Waals surface area contributed by atoms with Gasteiger partial charge in [-0.25, -0.2) is 4.39 Å². The highest BCUT2D eigenvalue weighted by Gasteiger charge is 2.49. The monoisotopic (exact) mass is 706 g/mol. The van der Waals surface area contributed by atoms with Gasteiger partial charge in [0.25, 0.3) is 0 Å². The molecule has 0 saturated carbocycles. The van der Waals surface area contributed by atoms with Gasteiger partial charge in [-0.05, 0) is 79.3 Å². The molecule has 0 N–H and O–H groups in total. The van der Waals surface area contributed by atoms with Crippen LogP contribution in [0.4, 0.5) is 4.39 Å². The maximum Gasteiger partial charge on any atom is 0.121 e. The van der Waals surface area contributed by atoms with Gasteiger partial charge in [-0.2, -0.15) is 0 Å². The number of benzene rings is 2. The predicted molar refractivity (Wildman–Crippen MR) is 198 cm³/mol. The lowest BCUT2D eigenvalue weighted by Gasteiger charge is -2.47. The number of aryl methyl sites for hydroxylation is 1. The van der Waals surface area contributed by atoms with Crippen LogP contribution in [0.2, 0.25) is 5.02 Å². The van der Waals surface area contributed by atoms with E-state index in [1.807, 2.05) is 6.07 Å². The molecule has 0 aliphatic carbocycles. The molecule has 1 unspecified atom stereocenters. The van der Waals surface area contributed by atoms with E-state index < -0.39 is 18.4 Å². The molecule has 1 saturated heterocycles. The SMILES string of the molecule is CCCCOC[C@H]1O[C@@H](c2cc(Cc3ccc(CC)cc3)c(Cl)cc2COCC(C)F)[C@H](OCCCC)[C@@H](OCCCC)[C@@H]1OCCCC. The van der Waals surface area contributed by atoms with Crippen LogP contribution < -0.4 is 0 Å². The molecule has 1 aliphatic rings. The van der Waals surface area contributed by atoms with Crippen molar-refractivity contribution in [3.63, 3.8) is 0 Å². The van der Waals surface area contributed by atoms with Crippen molar-refractivity contribution in [2.75, 3.05) is 39.6 Å². The molecule has 1 fully saturated rings. The Kier molecular flexibility index (Phi) is 20.3. The van der Waals surface area contributed by atoms with Crippen molar-refractivity contribution in [1.29, 1.82) is 0 Å². The van der Waals surface area contributed by atoms with Crippen molar-refractivity contribution in [1.82, 2.24) is 0 Å². The van der Waals surface area contributed by atoms with Gasteiger partial charge in [-0.15, -0.1) is 0 Å². The lowest BCUT2D eigenvalue weighted by Crippen LogP contribution is -2.58. The molecule has 8 heteroatoms. The summed E-state index contributed by atoms with van der Waals surface area (Å²) in [5.74, 6) is 0. The fourth-order valence-electron chi connectivity index (χ4n) is 6.06. The number of rotatable bonds is 25. The average Bonchev–Trinajstić information content (AvgIpc) is 3.09. The number of alkyl halides is 1. The number of unbranched alkanes of at least 4 members (excludes halogenated alkanes) is 4. The van der Waals surface area contributed by atoms with Crippen LogP contribution in [0.1, 0.15) is 127 Å². The molecule has 2 aromatic rings. The van der Waals surface area contributed by atoms with Crippen molar-refractivity contribution in [2.24, 2.45) is 0 Å². The van der Waals surface area contributed by atoms with Gasteiger partial charge in [-0.1, -0.05) is 102 Å². The van der Waals surface area contributed by atoms with Crippen molar-refractivity contribution in [3.05, 3.63) is 69.2 Å². The third kappa shape index (κ3) is 13.8. The summed E-state index contributed by atoms with van der Waals surface area (Å²) in [5.41, 5.74) is 5.23. The summed E-state index contributed by atoms with van der Waals surface area (Å²) in [6.45, 7) is 15.3. The lowest BCUT2D eigenvalue weighted by atomic mass is 9.87. The fourth-order valence-corrected chi connectivity index (χ4v) is 6.31. The second-order valence-electron chi connectivity index (χ2n) is 13.4. The standard InChI is InChI=1S/C41H64ClFO6/c1-7-12-20-44-29-37-39(46-21-13-8-2)41(48-23-15-10-4)40(47-22-14-9-3)38(49-37)35-25-33(24-32-18-16-31(11-5)17-19-32)36(42)26-34(35)28-45-27-30(6)43/h16-19,25-26,30,37-41H,7-15,20-24,27-29H2,1-6H3/t30?,37-,38+,39-,40+,41+/m1/s1. The quantitative estimate of drug-likeness (QED) is 0.0958. The highest BCUT2D eigenvalue weighted by Crippen LogP contribution is 2.41. The number of halogens is 2. The molecule has 6 nitrogen and oxygen atoms in total. The molecule has 0 spiro atoms. The van der Waals surface area contributed by atoms with Crippen LogP contribution in [0.15, 0.2) is 36.4 Å². The molecule has 0 bridgehead atoms. The van der Waals surface area contributed by atoms with Gasteiger partial charge in [0.05, 0.1) is 19.8 Å². The second-order valence-corrected chi connectivity index (χ2v) is 13.8. The molecule has 1 aliphatic heterocycles. The van der Waals surface area contributed by atoms with Crippen LogP contribution >= 0.6 is 11.6 Å². The van der Waals surface area contributed by atoms with Crippen molar-refractivity contribution in [2.45, 2.75) is 149 Å². The molecule has 49 heavy (non-hydrogen) atoms. The zero-order valence-electron chi connectivity index (χ0n) is 31.2. The Bertz CT molecular complexity index is 1160. The summed E-state index contributed by atoms with van der Waals surface area (Å²) in [6, 6.07) is 12.8. The topological polar surface area (TPSA) is 55.4 Å². The van der Waals surface area contributed by atoms with E-state index >= 15 is 0 Å². The smallest absolute Gasteiger partial charge is 0.121 e. The summed E-state index contributed by atoms with van der Waals surface area (Å²) in [4.78, 5) is 0. The first-order chi connectivity index (χ1) is 23.9. The number of hydrogen-bond acceptors (Lipinski definition) is 6. The van der Waals surface area contributed by atoms with E-state index in [0.29, 0.717) is 44.5 Å². The van der Waals surface area contributed by atoms with E-state index in [0.717, 1.165) is 74.5 Å². The largest absolute Gasteiger partial charge is 0.379 e. The number of ether oxygens (including phenoxy) is 6. The molecule has 6 atom stereocenters. The van der Waals surface area contributed by atoms with Gasteiger partial charge in [0, 0.05) is 31.5 Å². The van der Waals surface area contributed by atoms with Crippen molar-refractivity contribution in [3.8, 4) is 0 Å². The lowest BCUT2D eigenvalue weighted by molar-refractivity contribution is -0.268. The number of hydrogen-bond donors (Lipinski definition) is 0. The van der Waals surface area contributed by atoms with E-state index in [2.05, 4.69) is 65.0 Å². The minimum Gasteiger partial charge on any atom is -0.379 e. The van der Waals surface area contributed by atoms with Crippen LogP contribution in [0.3, 0.4) is 0 Å². The van der Waals surface area contributed by atoms with Crippen molar-refractivity contribution < 1.29 is 32.8 Å². The fraction of sp³-hybridized carbons (Fsp3) is 0.707. The van der Waals surface area contributed by atoms with E-state index in [-0.39, 0.29) is 31.5 Å². The molecule has 0 amide bonds. The molecule has 278 valence electrons. The second kappa shape index (κ2) is 23.8. The Morgan fingerprint density at radius 3 is 1.88 bits per heavy atom. The van der Waals surface area contributed by atoms with Crippen LogP contribution in [0.5, 0.6) is 0 Å². The average molecular weight is 707 g/mol. The van der Waals surface area contributed by atoms with Crippen LogP contribution in [0, 0.1) is 0 Å². The van der Waals surface area contributed by atoms with Gasteiger partial charge >= 0.3 is 0 Å². The van der Waals surface area contributed by atoms with Gasteiger partial charge in [0.15, 0.2) is 0 Å². The maximum absolute atomic E-state index is 13.9. The minimum atomic E-state index is -1.08. The van der Waals surface area contributed by atoms with Gasteiger partial charge in [0.2, 0.25) is 0 Å². The Morgan fingerprint density at radius 1 is 0.714 bits per heavy atom. The Morgan fingerprint density at radius 2 is 1.29 bits per heavy atom. The summed E-state index contributed by atoms with van der Waals surface area (Å²) >= 11 is 7.00. The molecular weight excluding hydrogens is 643 g/mol. The molecule has 2 aromatic carbocycles. The molecule has 3 rings (SSSR count). The summed E-state index contributed by atoms with van der Waals surface area (Å²) in [5, 5.41) is 0.644. The highest BCUT2D eigenvalue weighted by atomic mass is 35.5. The predicted octanol–water partition coefficient (Wildman–Crippen LogP) is 10.2. The Balaban J connectivity index is 2.13. The first-order valence-electron chi connectivity index (χ1n) is 19.0. The van der Waals surface area contributed by atoms with E-state index in [1.165, 1.54) is 18.1 Å². The third-order valence-electron chi connectivity index (χ3n) is 9.03. The van der Waals surface area contributed by atoms with Crippen LogP contribution in [-0.2, 0) is 47.9 Å². The van der Waals surface area contributed by atoms with Crippen LogP contribution in [0.25, 0.3) is 0 Å². The highest BCUT2D eigenvalue weighted by molar-refractivity contribution is 6.31. The molecule has 0 aromatic heterocycles. The summed E-state index contributed by atoms with van der Waals surface area (Å²) in [6.07, 6.45) is 6.39. The summed E-state index contributed by atoms with van der Waals surface area (Å²) in [7, 11) is 0. The van der Waals surface area contributed by atoms with Crippen LogP contribution in [-0.4, -0.2) is 70.2 Å². The van der Waals surface area contributed by atoms with E-state index in [4.69, 9.17) is 40.0 Å². The van der Waals surface area contributed by atoms with E-state index in [9.17, 15) is 4.39 Å². The third-order valence-corrected chi connectivity index (χ3v) is 9.38. The minimum absolute atomic E-state index is 0.00543. The Hall–Kier alpha value is -1.58.